The molecular weight excluding hydrogens is 252 g/mol. The molecule has 114 valence electrons. The van der Waals surface area contributed by atoms with Crippen molar-refractivity contribution in [1.29, 1.82) is 0 Å². The number of hydrogen-bond acceptors (Lipinski definition) is 3. The molecule has 0 bridgehead atoms. The van der Waals surface area contributed by atoms with Crippen LogP contribution in [0.1, 0.15) is 44.9 Å². The largest absolute Gasteiger partial charge is 0.378 e. The predicted molar refractivity (Wildman–Crippen MR) is 78.6 cm³/mol. The maximum Gasteiger partial charge on any atom is 0.227 e. The van der Waals surface area contributed by atoms with Gasteiger partial charge in [0, 0.05) is 19.1 Å². The first-order valence-corrected chi connectivity index (χ1v) is 8.47. The van der Waals surface area contributed by atoms with Crippen LogP contribution in [0, 0.1) is 5.92 Å². The van der Waals surface area contributed by atoms with E-state index in [0.717, 1.165) is 19.5 Å². The van der Waals surface area contributed by atoms with E-state index in [9.17, 15) is 4.79 Å². The van der Waals surface area contributed by atoms with Gasteiger partial charge in [0.1, 0.15) is 0 Å². The molecule has 0 N–H and O–H groups in total. The van der Waals surface area contributed by atoms with Crippen LogP contribution in [0.3, 0.4) is 0 Å². The van der Waals surface area contributed by atoms with Crippen molar-refractivity contribution in [2.75, 3.05) is 39.4 Å². The first kappa shape index (κ1) is 14.3. The topological polar surface area (TPSA) is 32.8 Å². The van der Waals surface area contributed by atoms with Gasteiger partial charge in [-0.1, -0.05) is 19.3 Å². The summed E-state index contributed by atoms with van der Waals surface area (Å²) in [6.07, 6.45) is 8.84. The van der Waals surface area contributed by atoms with Crippen LogP contribution in [0.25, 0.3) is 0 Å². The van der Waals surface area contributed by atoms with Crippen molar-refractivity contribution < 1.29 is 9.53 Å². The second kappa shape index (κ2) is 6.90. The molecule has 1 amide bonds. The summed E-state index contributed by atoms with van der Waals surface area (Å²) in [5.41, 5.74) is 0. The fraction of sp³-hybridized carbons (Fsp3) is 0.938. The third kappa shape index (κ3) is 3.17. The Labute approximate surface area is 122 Å². The van der Waals surface area contributed by atoms with Gasteiger partial charge in [-0.25, -0.2) is 0 Å². The van der Waals surface area contributed by atoms with E-state index in [1.165, 1.54) is 51.6 Å². The Morgan fingerprint density at radius 2 is 1.55 bits per heavy atom. The number of carbonyl (C=O) groups is 1. The number of ether oxygens (including phenoxy) is 1. The Morgan fingerprint density at radius 3 is 2.30 bits per heavy atom. The second-order valence-corrected chi connectivity index (χ2v) is 6.49. The third-order valence-electron chi connectivity index (χ3n) is 5.23. The smallest absolute Gasteiger partial charge is 0.227 e. The fourth-order valence-electron chi connectivity index (χ4n) is 4.10. The molecule has 0 aromatic carbocycles. The summed E-state index contributed by atoms with van der Waals surface area (Å²) in [4.78, 5) is 17.5. The van der Waals surface area contributed by atoms with Crippen molar-refractivity contribution in [2.45, 2.75) is 51.0 Å². The average Bonchev–Trinajstić information content (AvgIpc) is 2.56. The zero-order valence-corrected chi connectivity index (χ0v) is 12.6. The van der Waals surface area contributed by atoms with Gasteiger partial charge in [0.2, 0.25) is 5.91 Å². The van der Waals surface area contributed by atoms with Crippen LogP contribution in [0.5, 0.6) is 0 Å². The molecule has 20 heavy (non-hydrogen) atoms. The average molecular weight is 280 g/mol. The molecule has 3 fully saturated rings. The normalized spacial score (nSPS) is 33.1. The monoisotopic (exact) mass is 280 g/mol. The molecular formula is C16H28N2O2. The third-order valence-corrected chi connectivity index (χ3v) is 5.23. The van der Waals surface area contributed by atoms with Gasteiger partial charge in [-0.15, -0.1) is 0 Å². The van der Waals surface area contributed by atoms with Gasteiger partial charge < -0.3 is 9.64 Å². The van der Waals surface area contributed by atoms with Gasteiger partial charge in [-0.05, 0) is 38.8 Å². The molecule has 1 saturated carbocycles. The van der Waals surface area contributed by atoms with Crippen LogP contribution in [-0.4, -0.2) is 61.1 Å². The maximum atomic E-state index is 12.8. The van der Waals surface area contributed by atoms with Crippen LogP contribution in [0.4, 0.5) is 0 Å². The lowest BCUT2D eigenvalue weighted by Crippen LogP contribution is -2.52. The van der Waals surface area contributed by atoms with Crippen molar-refractivity contribution in [3.63, 3.8) is 0 Å². The molecule has 0 aromatic heterocycles. The summed E-state index contributed by atoms with van der Waals surface area (Å²) < 4.78 is 5.38. The summed E-state index contributed by atoms with van der Waals surface area (Å²) in [5, 5.41) is 0. The van der Waals surface area contributed by atoms with E-state index < -0.39 is 0 Å². The summed E-state index contributed by atoms with van der Waals surface area (Å²) in [7, 11) is 0. The molecule has 2 aliphatic heterocycles. The SMILES string of the molecule is O=C([C@@H]1CCCC[C@@H]1N1CCCCC1)N1CCOCC1. The molecule has 0 unspecified atom stereocenters. The second-order valence-electron chi connectivity index (χ2n) is 6.49. The summed E-state index contributed by atoms with van der Waals surface area (Å²) >= 11 is 0. The van der Waals surface area contributed by atoms with Crippen molar-refractivity contribution >= 4 is 5.91 Å². The van der Waals surface area contributed by atoms with E-state index in [4.69, 9.17) is 4.74 Å². The molecule has 2 heterocycles. The highest BCUT2D eigenvalue weighted by atomic mass is 16.5. The molecule has 0 aromatic rings. The molecule has 3 aliphatic rings. The highest BCUT2D eigenvalue weighted by Crippen LogP contribution is 2.31. The Bertz CT molecular complexity index is 322. The number of piperidine rings is 1. The summed E-state index contributed by atoms with van der Waals surface area (Å²) in [6.45, 7) is 5.43. The Kier molecular flexibility index (Phi) is 4.94. The maximum absolute atomic E-state index is 12.8. The van der Waals surface area contributed by atoms with E-state index >= 15 is 0 Å². The zero-order chi connectivity index (χ0) is 13.8. The lowest BCUT2D eigenvalue weighted by Gasteiger charge is -2.43. The minimum absolute atomic E-state index is 0.250. The van der Waals surface area contributed by atoms with Gasteiger partial charge in [0.05, 0.1) is 19.1 Å². The number of carbonyl (C=O) groups excluding carboxylic acids is 1. The van der Waals surface area contributed by atoms with Crippen LogP contribution in [0.15, 0.2) is 0 Å². The van der Waals surface area contributed by atoms with Gasteiger partial charge in [0.25, 0.3) is 0 Å². The lowest BCUT2D eigenvalue weighted by molar-refractivity contribution is -0.143. The molecule has 0 spiro atoms. The van der Waals surface area contributed by atoms with Crippen molar-refractivity contribution in [3.05, 3.63) is 0 Å². The van der Waals surface area contributed by atoms with Gasteiger partial charge in [-0.2, -0.15) is 0 Å². The van der Waals surface area contributed by atoms with Crippen molar-refractivity contribution in [1.82, 2.24) is 9.80 Å². The van der Waals surface area contributed by atoms with Gasteiger partial charge in [-0.3, -0.25) is 9.69 Å². The first-order valence-electron chi connectivity index (χ1n) is 8.47. The molecule has 0 radical (unpaired) electrons. The molecule has 4 nitrogen and oxygen atoms in total. The van der Waals surface area contributed by atoms with E-state index in [1.807, 2.05) is 0 Å². The number of morpholine rings is 1. The highest BCUT2D eigenvalue weighted by Gasteiger charge is 2.37. The Hall–Kier alpha value is -0.610. The Morgan fingerprint density at radius 1 is 0.850 bits per heavy atom. The van der Waals surface area contributed by atoms with Gasteiger partial charge in [0.15, 0.2) is 0 Å². The zero-order valence-electron chi connectivity index (χ0n) is 12.6. The van der Waals surface area contributed by atoms with E-state index in [0.29, 0.717) is 25.2 Å². The summed E-state index contributed by atoms with van der Waals surface area (Å²) in [6, 6.07) is 0.513. The van der Waals surface area contributed by atoms with Crippen molar-refractivity contribution in [3.8, 4) is 0 Å². The predicted octanol–water partition coefficient (Wildman–Crippen LogP) is 1.89. The van der Waals surface area contributed by atoms with E-state index in [-0.39, 0.29) is 5.92 Å². The number of amides is 1. The van der Waals surface area contributed by atoms with Crippen LogP contribution in [0.2, 0.25) is 0 Å². The number of hydrogen-bond donors (Lipinski definition) is 0. The minimum atomic E-state index is 0.250. The van der Waals surface area contributed by atoms with Gasteiger partial charge >= 0.3 is 0 Å². The first-order chi connectivity index (χ1) is 9.86. The van der Waals surface area contributed by atoms with E-state index in [1.54, 1.807) is 0 Å². The molecule has 2 atom stereocenters. The fourth-order valence-corrected chi connectivity index (χ4v) is 4.10. The Balaban J connectivity index is 1.65. The number of rotatable bonds is 2. The number of nitrogens with zero attached hydrogens (tertiary/aromatic N) is 2. The molecule has 1 aliphatic carbocycles. The van der Waals surface area contributed by atoms with E-state index in [2.05, 4.69) is 9.80 Å². The lowest BCUT2D eigenvalue weighted by atomic mass is 9.81. The molecule has 3 rings (SSSR count). The van der Waals surface area contributed by atoms with Crippen molar-refractivity contribution in [2.24, 2.45) is 5.92 Å². The molecule has 4 heteroatoms. The van der Waals surface area contributed by atoms with Crippen LogP contribution in [-0.2, 0) is 9.53 Å². The van der Waals surface area contributed by atoms with Crippen LogP contribution < -0.4 is 0 Å². The van der Waals surface area contributed by atoms with Crippen LogP contribution >= 0.6 is 0 Å². The standard InChI is InChI=1S/C16H28N2O2/c19-16(18-10-12-20-13-11-18)14-6-2-3-7-15(14)17-8-4-1-5-9-17/h14-15H,1-13H2/t14-,15+/m1/s1. The molecule has 2 saturated heterocycles. The minimum Gasteiger partial charge on any atom is -0.378 e. The summed E-state index contributed by atoms with van der Waals surface area (Å²) in [5.74, 6) is 0.656. The highest BCUT2D eigenvalue weighted by molar-refractivity contribution is 5.79. The quantitative estimate of drug-likeness (QED) is 0.774. The number of likely N-dealkylation sites (tertiary alicyclic amines) is 1.